The number of alkyl halides is 1. The molecule has 3 fully saturated rings. The summed E-state index contributed by atoms with van der Waals surface area (Å²) in [7, 11) is 0. The van der Waals surface area contributed by atoms with Crippen molar-refractivity contribution in [2.45, 2.75) is 90.0 Å². The predicted octanol–water partition coefficient (Wildman–Crippen LogP) is 3.82. The fourth-order valence-corrected chi connectivity index (χ4v) is 8.26. The Morgan fingerprint density at radius 1 is 1.25 bits per heavy atom. The lowest BCUT2D eigenvalue weighted by Crippen LogP contribution is -2.70. The van der Waals surface area contributed by atoms with E-state index in [-0.39, 0.29) is 18.1 Å². The van der Waals surface area contributed by atoms with Crippen molar-refractivity contribution in [3.63, 3.8) is 0 Å². The zero-order valence-electron chi connectivity index (χ0n) is 21.8. The number of fused-ring (bicyclic) bond motifs is 5. The van der Waals surface area contributed by atoms with Crippen LogP contribution in [0.3, 0.4) is 0 Å². The molecule has 8 heteroatoms. The van der Waals surface area contributed by atoms with Crippen LogP contribution >= 0.6 is 0 Å². The summed E-state index contributed by atoms with van der Waals surface area (Å²) in [6, 6.07) is 0. The number of allylic oxidation sites excluding steroid dienone is 4. The van der Waals surface area contributed by atoms with Crippen molar-refractivity contribution in [1.29, 1.82) is 0 Å². The van der Waals surface area contributed by atoms with Crippen molar-refractivity contribution < 1.29 is 33.7 Å². The molecule has 0 aromatic heterocycles. The highest BCUT2D eigenvalue weighted by Crippen LogP contribution is 2.71. The molecule has 4 rings (SSSR count). The van der Waals surface area contributed by atoms with Gasteiger partial charge in [-0.3, -0.25) is 9.59 Å². The van der Waals surface area contributed by atoms with E-state index in [0.29, 0.717) is 31.4 Å². The van der Waals surface area contributed by atoms with Crippen molar-refractivity contribution in [1.82, 2.24) is 5.32 Å². The highest BCUT2D eigenvalue weighted by atomic mass is 19.1. The van der Waals surface area contributed by atoms with Crippen molar-refractivity contribution >= 4 is 17.7 Å². The maximum atomic E-state index is 17.3. The molecule has 0 aromatic rings. The SMILES string of the molecule is CCCCCNC(=O)O[C@@]1(C(=O)CO)[C@@H](C)CC2C3CCC4=CC(=O)C=C[C@]4(C)C3(F)[C@@H](O)C[C@@]21C. The average molecular weight is 506 g/mol. The van der Waals surface area contributed by atoms with Gasteiger partial charge in [0, 0.05) is 29.2 Å². The van der Waals surface area contributed by atoms with Crippen molar-refractivity contribution in [2.75, 3.05) is 13.2 Å². The summed E-state index contributed by atoms with van der Waals surface area (Å²) in [5.74, 6) is -2.25. The number of aliphatic hydroxyl groups excluding tert-OH is 2. The van der Waals surface area contributed by atoms with Gasteiger partial charge in [-0.15, -0.1) is 0 Å². The van der Waals surface area contributed by atoms with Gasteiger partial charge in [0.25, 0.3) is 0 Å². The number of ether oxygens (including phenoxy) is 1. The molecule has 8 atom stereocenters. The number of rotatable bonds is 7. The van der Waals surface area contributed by atoms with Gasteiger partial charge in [0.2, 0.25) is 5.78 Å². The van der Waals surface area contributed by atoms with Crippen molar-refractivity contribution in [3.8, 4) is 0 Å². The van der Waals surface area contributed by atoms with E-state index in [0.717, 1.165) is 19.3 Å². The number of carbonyl (C=O) groups is 3. The lowest BCUT2D eigenvalue weighted by molar-refractivity contribution is -0.219. The molecule has 36 heavy (non-hydrogen) atoms. The summed E-state index contributed by atoms with van der Waals surface area (Å²) in [5, 5.41) is 24.2. The predicted molar refractivity (Wildman–Crippen MR) is 132 cm³/mol. The molecular weight excluding hydrogens is 465 g/mol. The van der Waals surface area contributed by atoms with Gasteiger partial charge < -0.3 is 20.3 Å². The fraction of sp³-hybridized carbons (Fsp3) is 0.750. The van der Waals surface area contributed by atoms with Crippen LogP contribution in [0.5, 0.6) is 0 Å². The van der Waals surface area contributed by atoms with Crippen LogP contribution in [0, 0.1) is 28.6 Å². The summed E-state index contributed by atoms with van der Waals surface area (Å²) < 4.78 is 23.3. The van der Waals surface area contributed by atoms with Gasteiger partial charge in [0.05, 0.1) is 6.10 Å². The van der Waals surface area contributed by atoms with Crippen LogP contribution in [0.15, 0.2) is 23.8 Å². The lowest BCUT2D eigenvalue weighted by atomic mass is 9.44. The van der Waals surface area contributed by atoms with Crippen LogP contribution in [-0.4, -0.2) is 58.4 Å². The number of unbranched alkanes of at least 4 members (excludes halogenated alkanes) is 2. The first-order valence-corrected chi connectivity index (χ1v) is 13.3. The zero-order chi connectivity index (χ0) is 26.5. The molecule has 4 aliphatic carbocycles. The Bertz CT molecular complexity index is 995. The topological polar surface area (TPSA) is 113 Å². The van der Waals surface area contributed by atoms with E-state index in [9.17, 15) is 24.6 Å². The number of nitrogens with one attached hydrogen (secondary N) is 1. The third kappa shape index (κ3) is 3.54. The molecule has 200 valence electrons. The quantitative estimate of drug-likeness (QED) is 0.454. The van der Waals surface area contributed by atoms with E-state index in [2.05, 4.69) is 12.2 Å². The number of carbonyl (C=O) groups excluding carboxylic acids is 3. The van der Waals surface area contributed by atoms with Gasteiger partial charge in [-0.05, 0) is 57.1 Å². The second-order valence-electron chi connectivity index (χ2n) is 11.7. The first-order valence-electron chi connectivity index (χ1n) is 13.3. The first kappa shape index (κ1) is 27.0. The molecule has 3 saturated carbocycles. The van der Waals surface area contributed by atoms with Gasteiger partial charge in [-0.2, -0.15) is 0 Å². The van der Waals surface area contributed by atoms with Crippen molar-refractivity contribution in [3.05, 3.63) is 23.8 Å². The molecule has 7 nitrogen and oxygen atoms in total. The Labute approximate surface area is 212 Å². The zero-order valence-corrected chi connectivity index (χ0v) is 21.8. The number of halogens is 1. The molecule has 0 aliphatic heterocycles. The average Bonchev–Trinajstić information content (AvgIpc) is 3.04. The largest absolute Gasteiger partial charge is 0.434 e. The fourth-order valence-electron chi connectivity index (χ4n) is 8.26. The summed E-state index contributed by atoms with van der Waals surface area (Å²) >= 11 is 0. The van der Waals surface area contributed by atoms with Gasteiger partial charge in [0.15, 0.2) is 17.1 Å². The first-order chi connectivity index (χ1) is 16.9. The van der Waals surface area contributed by atoms with E-state index in [1.54, 1.807) is 19.9 Å². The minimum atomic E-state index is -2.04. The van der Waals surface area contributed by atoms with Gasteiger partial charge in [-0.1, -0.05) is 45.3 Å². The van der Waals surface area contributed by atoms with E-state index < -0.39 is 58.5 Å². The van der Waals surface area contributed by atoms with Crippen LogP contribution in [0.25, 0.3) is 0 Å². The molecule has 0 spiro atoms. The number of ketones is 2. The number of hydrogen-bond donors (Lipinski definition) is 3. The highest BCUT2D eigenvalue weighted by molar-refractivity contribution is 6.01. The van der Waals surface area contributed by atoms with Crippen LogP contribution in [0.2, 0.25) is 0 Å². The van der Waals surface area contributed by atoms with Crippen LogP contribution in [0.1, 0.15) is 72.6 Å². The summed E-state index contributed by atoms with van der Waals surface area (Å²) in [6.07, 6.45) is 6.21. The smallest absolute Gasteiger partial charge is 0.408 e. The molecule has 0 saturated heterocycles. The summed E-state index contributed by atoms with van der Waals surface area (Å²) in [4.78, 5) is 38.3. The Kier molecular flexibility index (Phi) is 7.01. The molecule has 0 aromatic carbocycles. The third-order valence-corrected chi connectivity index (χ3v) is 10.0. The normalized spacial score (nSPS) is 43.2. The van der Waals surface area contributed by atoms with Gasteiger partial charge >= 0.3 is 6.09 Å². The Morgan fingerprint density at radius 2 is 1.97 bits per heavy atom. The van der Waals surface area contributed by atoms with E-state index in [1.807, 2.05) is 6.92 Å². The number of amides is 1. The van der Waals surface area contributed by atoms with Crippen LogP contribution < -0.4 is 5.32 Å². The van der Waals surface area contributed by atoms with Gasteiger partial charge in [-0.25, -0.2) is 9.18 Å². The molecular formula is C28H40FNO6. The van der Waals surface area contributed by atoms with E-state index in [1.165, 1.54) is 12.2 Å². The van der Waals surface area contributed by atoms with Crippen LogP contribution in [-0.2, 0) is 14.3 Å². The Morgan fingerprint density at radius 3 is 2.64 bits per heavy atom. The molecule has 0 bridgehead atoms. The number of alkyl carbamates (subject to hydrolysis) is 1. The van der Waals surface area contributed by atoms with Crippen LogP contribution in [0.4, 0.5) is 9.18 Å². The molecule has 3 unspecified atom stereocenters. The Hall–Kier alpha value is -2.06. The number of Topliss-reactive ketones (excluding diaryl/α,β-unsaturated/α-hetero) is 1. The van der Waals surface area contributed by atoms with E-state index >= 15 is 4.39 Å². The maximum Gasteiger partial charge on any atom is 0.408 e. The molecule has 0 radical (unpaired) electrons. The number of hydrogen-bond acceptors (Lipinski definition) is 6. The maximum absolute atomic E-state index is 17.3. The summed E-state index contributed by atoms with van der Waals surface area (Å²) in [6.45, 7) is 7.00. The molecule has 0 heterocycles. The highest BCUT2D eigenvalue weighted by Gasteiger charge is 2.77. The van der Waals surface area contributed by atoms with Crippen molar-refractivity contribution in [2.24, 2.45) is 28.6 Å². The van der Waals surface area contributed by atoms with E-state index in [4.69, 9.17) is 4.74 Å². The monoisotopic (exact) mass is 505 g/mol. The minimum Gasteiger partial charge on any atom is -0.434 e. The Balaban J connectivity index is 1.72. The second kappa shape index (κ2) is 9.35. The molecule has 3 N–H and O–H groups in total. The molecule has 4 aliphatic rings. The number of aliphatic hydroxyl groups is 2. The molecule has 1 amide bonds. The standard InChI is InChI=1S/C28H40FNO6/c1-5-6-7-12-30-24(35)36-28(23(34)16-31)17(2)13-21-20-9-8-18-14-19(32)10-11-25(18,3)27(20,29)22(33)15-26(21,28)4/h10-11,14,17,20-22,31,33H,5-9,12-13,15-16H2,1-4H3,(H,30,35)/t17-,20?,21?,22-,25-,26-,27?,28+/m0/s1. The van der Waals surface area contributed by atoms with Gasteiger partial charge in [0.1, 0.15) is 6.61 Å². The summed E-state index contributed by atoms with van der Waals surface area (Å²) in [5.41, 5.74) is -5.25. The lowest BCUT2D eigenvalue weighted by Gasteiger charge is -2.62. The third-order valence-electron chi connectivity index (χ3n) is 10.0. The second-order valence-corrected chi connectivity index (χ2v) is 11.7. The minimum absolute atomic E-state index is 0.103.